The van der Waals surface area contributed by atoms with Gasteiger partial charge in [-0.25, -0.2) is 14.8 Å². The molecule has 0 fully saturated rings. The highest BCUT2D eigenvalue weighted by atomic mass is 32.1. The molecule has 0 aliphatic heterocycles. The lowest BCUT2D eigenvalue weighted by atomic mass is 10.2. The molecule has 0 saturated carbocycles. The maximum Gasteiger partial charge on any atom is 0.321 e. The minimum Gasteiger partial charge on any atom is -0.338 e. The lowest BCUT2D eigenvalue weighted by molar-refractivity contribution is 0.252. The Bertz CT molecular complexity index is 1040. The van der Waals surface area contributed by atoms with E-state index in [4.69, 9.17) is 0 Å². The second-order valence-corrected chi connectivity index (χ2v) is 6.43. The molecule has 0 aliphatic rings. The van der Waals surface area contributed by atoms with Crippen LogP contribution in [0.5, 0.6) is 0 Å². The summed E-state index contributed by atoms with van der Waals surface area (Å²) in [6.07, 6.45) is 5.69. The number of thiazole rings is 1. The van der Waals surface area contributed by atoms with Crippen LogP contribution in [-0.2, 0) is 0 Å². The van der Waals surface area contributed by atoms with E-state index in [2.05, 4.69) is 25.6 Å². The van der Waals surface area contributed by atoms with Gasteiger partial charge in [-0.15, -0.1) is 11.3 Å². The van der Waals surface area contributed by atoms with Crippen molar-refractivity contribution in [3.05, 3.63) is 54.4 Å². The number of anilines is 1. The van der Waals surface area contributed by atoms with Crippen LogP contribution in [0.2, 0.25) is 0 Å². The summed E-state index contributed by atoms with van der Waals surface area (Å²) in [5.41, 5.74) is 4.28. The van der Waals surface area contributed by atoms with Gasteiger partial charge in [-0.2, -0.15) is 0 Å². The van der Waals surface area contributed by atoms with Crippen molar-refractivity contribution in [3.63, 3.8) is 0 Å². The van der Waals surface area contributed by atoms with Gasteiger partial charge in [0, 0.05) is 36.2 Å². The van der Waals surface area contributed by atoms with Crippen LogP contribution in [0.15, 0.2) is 54.4 Å². The standard InChI is InChI=1S/C18H16N6OS/c1-2-20-18(25)23-17-21-14-10-24(12-6-4-3-5-7-12)9-13(14)16(22-17)15-8-19-11-26-15/h3-11H,2H2,1H3,(H2,20,21,23,25). The molecule has 2 amide bonds. The number of fused-ring (bicyclic) bond motifs is 1. The smallest absolute Gasteiger partial charge is 0.321 e. The minimum absolute atomic E-state index is 0.262. The molecule has 2 N–H and O–H groups in total. The number of aromatic nitrogens is 4. The van der Waals surface area contributed by atoms with E-state index < -0.39 is 0 Å². The lowest BCUT2D eigenvalue weighted by Gasteiger charge is -2.06. The number of carbonyl (C=O) groups is 1. The molecule has 0 saturated heterocycles. The van der Waals surface area contributed by atoms with Crippen molar-refractivity contribution in [1.82, 2.24) is 24.8 Å². The van der Waals surface area contributed by atoms with E-state index in [1.165, 1.54) is 11.3 Å². The molecule has 4 rings (SSSR count). The number of hydrogen-bond acceptors (Lipinski definition) is 5. The van der Waals surface area contributed by atoms with E-state index in [1.807, 2.05) is 54.2 Å². The number of rotatable bonds is 4. The van der Waals surface area contributed by atoms with E-state index in [-0.39, 0.29) is 12.0 Å². The number of carbonyl (C=O) groups excluding carboxylic acids is 1. The fourth-order valence-corrected chi connectivity index (χ4v) is 3.28. The number of benzene rings is 1. The first-order valence-corrected chi connectivity index (χ1v) is 9.01. The Morgan fingerprint density at radius 1 is 1.19 bits per heavy atom. The number of hydrogen-bond donors (Lipinski definition) is 2. The second-order valence-electron chi connectivity index (χ2n) is 5.55. The SMILES string of the molecule is CCNC(=O)Nc1nc(-c2cncs2)c2cn(-c3ccccc3)cc2n1. The zero-order valence-electron chi connectivity index (χ0n) is 14.0. The highest BCUT2D eigenvalue weighted by Gasteiger charge is 2.15. The van der Waals surface area contributed by atoms with Gasteiger partial charge in [0.2, 0.25) is 5.95 Å². The molecule has 26 heavy (non-hydrogen) atoms. The molecule has 0 spiro atoms. The van der Waals surface area contributed by atoms with Gasteiger partial charge >= 0.3 is 6.03 Å². The molecular formula is C18H16N6OS. The minimum atomic E-state index is -0.329. The summed E-state index contributed by atoms with van der Waals surface area (Å²) in [4.78, 5) is 26.0. The number of urea groups is 1. The maximum absolute atomic E-state index is 11.9. The van der Waals surface area contributed by atoms with E-state index in [9.17, 15) is 4.79 Å². The predicted octanol–water partition coefficient (Wildman–Crippen LogP) is 3.69. The zero-order chi connectivity index (χ0) is 17.9. The van der Waals surface area contributed by atoms with Crippen LogP contribution in [0.25, 0.3) is 27.2 Å². The monoisotopic (exact) mass is 364 g/mol. The van der Waals surface area contributed by atoms with E-state index in [0.717, 1.165) is 27.2 Å². The molecule has 130 valence electrons. The quantitative estimate of drug-likeness (QED) is 0.578. The molecular weight excluding hydrogens is 348 g/mol. The fourth-order valence-electron chi connectivity index (χ4n) is 2.65. The average molecular weight is 364 g/mol. The summed E-state index contributed by atoms with van der Waals surface area (Å²) in [7, 11) is 0. The highest BCUT2D eigenvalue weighted by molar-refractivity contribution is 7.13. The van der Waals surface area contributed by atoms with Gasteiger partial charge in [0.05, 0.1) is 21.6 Å². The van der Waals surface area contributed by atoms with Crippen LogP contribution >= 0.6 is 11.3 Å². The second kappa shape index (κ2) is 6.93. The molecule has 0 radical (unpaired) electrons. The highest BCUT2D eigenvalue weighted by Crippen LogP contribution is 2.31. The molecule has 3 aromatic heterocycles. The molecule has 0 unspecified atom stereocenters. The average Bonchev–Trinajstić information content (AvgIpc) is 3.32. The summed E-state index contributed by atoms with van der Waals surface area (Å²) in [6, 6.07) is 9.66. The number of nitrogens with one attached hydrogen (secondary N) is 2. The Morgan fingerprint density at radius 3 is 2.77 bits per heavy atom. The summed E-state index contributed by atoms with van der Waals surface area (Å²) >= 11 is 1.49. The van der Waals surface area contributed by atoms with Crippen LogP contribution in [0.1, 0.15) is 6.92 Å². The van der Waals surface area contributed by atoms with Gasteiger partial charge in [-0.3, -0.25) is 10.3 Å². The Balaban J connectivity index is 1.84. The Morgan fingerprint density at radius 2 is 2.04 bits per heavy atom. The van der Waals surface area contributed by atoms with Crippen LogP contribution in [0.4, 0.5) is 10.7 Å². The van der Waals surface area contributed by atoms with Crippen molar-refractivity contribution in [2.24, 2.45) is 0 Å². The summed E-state index contributed by atoms with van der Waals surface area (Å²) in [5.74, 6) is 0.262. The first kappa shape index (κ1) is 16.2. The van der Waals surface area contributed by atoms with Crippen molar-refractivity contribution in [2.75, 3.05) is 11.9 Å². The third-order valence-corrected chi connectivity index (χ3v) is 4.57. The third-order valence-electron chi connectivity index (χ3n) is 3.79. The maximum atomic E-state index is 11.9. The molecule has 0 aliphatic carbocycles. The lowest BCUT2D eigenvalue weighted by Crippen LogP contribution is -2.29. The van der Waals surface area contributed by atoms with Crippen LogP contribution in [0.3, 0.4) is 0 Å². The summed E-state index contributed by atoms with van der Waals surface area (Å²) in [6.45, 7) is 2.38. The summed E-state index contributed by atoms with van der Waals surface area (Å²) in [5, 5.41) is 6.27. The van der Waals surface area contributed by atoms with Crippen molar-refractivity contribution >= 4 is 34.2 Å². The van der Waals surface area contributed by atoms with Gasteiger partial charge in [0.25, 0.3) is 0 Å². The topological polar surface area (TPSA) is 84.7 Å². The Labute approximate surface area is 153 Å². The molecule has 0 atom stereocenters. The fraction of sp³-hybridized carbons (Fsp3) is 0.111. The first-order chi connectivity index (χ1) is 12.7. The first-order valence-electron chi connectivity index (χ1n) is 8.13. The van der Waals surface area contributed by atoms with Crippen molar-refractivity contribution in [3.8, 4) is 16.3 Å². The normalized spacial score (nSPS) is 10.8. The number of nitrogens with zero attached hydrogens (tertiary/aromatic N) is 4. The molecule has 0 bridgehead atoms. The van der Waals surface area contributed by atoms with E-state index >= 15 is 0 Å². The van der Waals surface area contributed by atoms with Crippen LogP contribution < -0.4 is 10.6 Å². The van der Waals surface area contributed by atoms with Crippen LogP contribution in [-0.4, -0.2) is 32.1 Å². The molecule has 7 nitrogen and oxygen atoms in total. The van der Waals surface area contributed by atoms with Gasteiger partial charge in [-0.1, -0.05) is 18.2 Å². The zero-order valence-corrected chi connectivity index (χ0v) is 14.8. The number of amides is 2. The van der Waals surface area contributed by atoms with Crippen molar-refractivity contribution < 1.29 is 4.79 Å². The molecule has 3 heterocycles. The molecule has 8 heteroatoms. The molecule has 1 aromatic carbocycles. The van der Waals surface area contributed by atoms with Gasteiger partial charge < -0.3 is 9.88 Å². The predicted molar refractivity (Wildman–Crippen MR) is 103 cm³/mol. The van der Waals surface area contributed by atoms with Gasteiger partial charge in [-0.05, 0) is 19.1 Å². The third kappa shape index (κ3) is 3.14. The van der Waals surface area contributed by atoms with E-state index in [0.29, 0.717) is 6.54 Å². The Kier molecular flexibility index (Phi) is 4.32. The molecule has 4 aromatic rings. The van der Waals surface area contributed by atoms with Gasteiger partial charge in [0.15, 0.2) is 0 Å². The van der Waals surface area contributed by atoms with Crippen molar-refractivity contribution in [2.45, 2.75) is 6.92 Å². The van der Waals surface area contributed by atoms with E-state index in [1.54, 1.807) is 11.7 Å². The largest absolute Gasteiger partial charge is 0.338 e. The van der Waals surface area contributed by atoms with Crippen LogP contribution in [0, 0.1) is 0 Å². The van der Waals surface area contributed by atoms with Gasteiger partial charge in [0.1, 0.15) is 0 Å². The summed E-state index contributed by atoms with van der Waals surface area (Å²) < 4.78 is 2.00. The number of para-hydroxylation sites is 1. The Hall–Kier alpha value is -3.26. The van der Waals surface area contributed by atoms with Crippen molar-refractivity contribution in [1.29, 1.82) is 0 Å².